The van der Waals surface area contributed by atoms with Gasteiger partial charge in [-0.3, -0.25) is 0 Å². The monoisotopic (exact) mass is 496 g/mol. The van der Waals surface area contributed by atoms with Crippen molar-refractivity contribution in [1.82, 2.24) is 20.3 Å². The van der Waals surface area contributed by atoms with E-state index < -0.39 is 15.3 Å². The molecule has 34 heavy (non-hydrogen) atoms. The number of ether oxygens (including phenoxy) is 1. The van der Waals surface area contributed by atoms with Gasteiger partial charge >= 0.3 is 0 Å². The van der Waals surface area contributed by atoms with Gasteiger partial charge in [-0.15, -0.1) is 0 Å². The number of benzene rings is 2. The van der Waals surface area contributed by atoms with Crippen LogP contribution in [0.4, 0.5) is 0 Å². The van der Waals surface area contributed by atoms with Crippen molar-refractivity contribution in [2.24, 2.45) is 0 Å². The second-order valence-corrected chi connectivity index (χ2v) is 10.8. The zero-order chi connectivity index (χ0) is 23.5. The largest absolute Gasteiger partial charge is 0.353 e. The molecule has 0 spiro atoms. The summed E-state index contributed by atoms with van der Waals surface area (Å²) < 4.78 is 33.4. The molecule has 3 heterocycles. The van der Waals surface area contributed by atoms with E-state index in [2.05, 4.69) is 20.3 Å². The van der Waals surface area contributed by atoms with E-state index in [9.17, 15) is 8.42 Å². The summed E-state index contributed by atoms with van der Waals surface area (Å²) in [6.45, 7) is 1.58. The van der Waals surface area contributed by atoms with Crippen LogP contribution in [-0.2, 0) is 20.3 Å². The first kappa shape index (κ1) is 23.0. The van der Waals surface area contributed by atoms with E-state index in [0.29, 0.717) is 28.1 Å². The van der Waals surface area contributed by atoms with Crippen LogP contribution in [-0.4, -0.2) is 42.6 Å². The second kappa shape index (κ2) is 9.84. The lowest BCUT2D eigenvalue weighted by atomic mass is 10.1. The molecule has 1 atom stereocenters. The van der Waals surface area contributed by atoms with E-state index in [4.69, 9.17) is 16.3 Å². The number of hydrogen-bond donors (Lipinski definition) is 2. The highest BCUT2D eigenvalue weighted by molar-refractivity contribution is 7.90. The Morgan fingerprint density at radius 1 is 1.00 bits per heavy atom. The van der Waals surface area contributed by atoms with Crippen molar-refractivity contribution < 1.29 is 13.2 Å². The molecular weight excluding hydrogens is 472 g/mol. The Morgan fingerprint density at radius 3 is 2.38 bits per heavy atom. The Labute approximate surface area is 203 Å². The summed E-state index contributed by atoms with van der Waals surface area (Å²) in [7, 11) is -3.72. The van der Waals surface area contributed by atoms with Gasteiger partial charge in [0.15, 0.2) is 21.1 Å². The number of fused-ring (bicyclic) bond motifs is 1. The fraction of sp³-hybridized carbons (Fsp3) is 0.280. The van der Waals surface area contributed by atoms with Crippen LogP contribution in [0, 0.1) is 0 Å². The van der Waals surface area contributed by atoms with Gasteiger partial charge in [0.05, 0.1) is 22.9 Å². The number of aromatic nitrogens is 3. The van der Waals surface area contributed by atoms with Crippen LogP contribution in [0.5, 0.6) is 0 Å². The van der Waals surface area contributed by atoms with E-state index in [1.165, 1.54) is 0 Å². The number of halogens is 1. The minimum atomic E-state index is -3.72. The van der Waals surface area contributed by atoms with Crippen molar-refractivity contribution in [1.29, 1.82) is 0 Å². The molecule has 9 heteroatoms. The lowest BCUT2D eigenvalue weighted by Gasteiger charge is -2.27. The molecule has 2 aromatic heterocycles. The van der Waals surface area contributed by atoms with Gasteiger partial charge < -0.3 is 15.0 Å². The lowest BCUT2D eigenvalue weighted by Crippen LogP contribution is -2.34. The Balaban J connectivity index is 1.54. The normalized spacial score (nSPS) is 16.0. The standard InChI is InChI=1S/C25H25ClN4O3S/c26-22-20-15-21(28-24(20)30-23(29-22)18-9-5-2-6-10-18)25(33-19-11-13-27-14-12-19)34(31,32)16-17-7-3-1-4-8-17/h1-10,15,19,25,27H,11-14,16H2,(H,28,29,30). The molecule has 5 rings (SSSR count). The molecule has 0 radical (unpaired) electrons. The third kappa shape index (κ3) is 5.00. The fourth-order valence-corrected chi connectivity index (χ4v) is 6.05. The first-order chi connectivity index (χ1) is 16.5. The summed E-state index contributed by atoms with van der Waals surface area (Å²) in [5.74, 6) is 0.336. The predicted molar refractivity (Wildman–Crippen MR) is 133 cm³/mol. The Kier molecular flexibility index (Phi) is 6.65. The lowest BCUT2D eigenvalue weighted by molar-refractivity contribution is 0.00955. The van der Waals surface area contributed by atoms with Gasteiger partial charge in [-0.2, -0.15) is 0 Å². The molecule has 1 unspecified atom stereocenters. The van der Waals surface area contributed by atoms with Crippen molar-refractivity contribution in [3.8, 4) is 11.4 Å². The van der Waals surface area contributed by atoms with Crippen molar-refractivity contribution in [2.45, 2.75) is 30.1 Å². The Morgan fingerprint density at radius 2 is 1.68 bits per heavy atom. The zero-order valence-electron chi connectivity index (χ0n) is 18.4. The molecule has 1 aliphatic rings. The maximum Gasteiger partial charge on any atom is 0.199 e. The zero-order valence-corrected chi connectivity index (χ0v) is 20.0. The summed E-state index contributed by atoms with van der Waals surface area (Å²) in [5.41, 5.74) is 1.25. The van der Waals surface area contributed by atoms with E-state index in [1.54, 1.807) is 18.2 Å². The second-order valence-electron chi connectivity index (χ2n) is 8.40. The molecule has 1 fully saturated rings. The van der Waals surface area contributed by atoms with Crippen LogP contribution in [0.3, 0.4) is 0 Å². The van der Waals surface area contributed by atoms with Crippen molar-refractivity contribution in [3.63, 3.8) is 0 Å². The number of rotatable bonds is 7. The summed E-state index contributed by atoms with van der Waals surface area (Å²) >= 11 is 6.50. The van der Waals surface area contributed by atoms with Crippen LogP contribution in [0.2, 0.25) is 5.15 Å². The van der Waals surface area contributed by atoms with Crippen LogP contribution in [0.15, 0.2) is 66.7 Å². The third-order valence-electron chi connectivity index (χ3n) is 5.89. The predicted octanol–water partition coefficient (Wildman–Crippen LogP) is 4.66. The molecule has 0 aliphatic carbocycles. The summed E-state index contributed by atoms with van der Waals surface area (Å²) in [5, 5.41) is 4.10. The molecule has 4 aromatic rings. The number of nitrogens with zero attached hydrogens (tertiary/aromatic N) is 2. The van der Waals surface area contributed by atoms with Gasteiger partial charge in [0.2, 0.25) is 0 Å². The highest BCUT2D eigenvalue weighted by Gasteiger charge is 2.33. The van der Waals surface area contributed by atoms with E-state index in [-0.39, 0.29) is 17.0 Å². The number of hydrogen-bond acceptors (Lipinski definition) is 6. The molecule has 2 aromatic carbocycles. The number of piperidine rings is 1. The number of nitrogens with one attached hydrogen (secondary N) is 2. The average Bonchev–Trinajstić information content (AvgIpc) is 3.28. The molecule has 0 amide bonds. The van der Waals surface area contributed by atoms with Gasteiger partial charge in [-0.25, -0.2) is 18.4 Å². The molecule has 0 bridgehead atoms. The van der Waals surface area contributed by atoms with Crippen molar-refractivity contribution >= 4 is 32.5 Å². The number of aromatic amines is 1. The first-order valence-electron chi connectivity index (χ1n) is 11.2. The van der Waals surface area contributed by atoms with Gasteiger partial charge in [-0.05, 0) is 37.6 Å². The van der Waals surface area contributed by atoms with E-state index in [0.717, 1.165) is 31.5 Å². The van der Waals surface area contributed by atoms with Gasteiger partial charge in [-0.1, -0.05) is 72.3 Å². The topological polar surface area (TPSA) is 97.0 Å². The van der Waals surface area contributed by atoms with Crippen LogP contribution < -0.4 is 5.32 Å². The molecule has 176 valence electrons. The van der Waals surface area contributed by atoms with Crippen LogP contribution in [0.1, 0.15) is 29.5 Å². The van der Waals surface area contributed by atoms with Crippen molar-refractivity contribution in [3.05, 3.63) is 83.1 Å². The molecule has 1 saturated heterocycles. The highest BCUT2D eigenvalue weighted by atomic mass is 35.5. The third-order valence-corrected chi connectivity index (χ3v) is 7.93. The minimum Gasteiger partial charge on any atom is -0.353 e. The van der Waals surface area contributed by atoms with Crippen LogP contribution >= 0.6 is 11.6 Å². The Hall–Kier alpha value is -2.78. The van der Waals surface area contributed by atoms with Gasteiger partial charge in [0.25, 0.3) is 0 Å². The molecule has 1 aliphatic heterocycles. The maximum atomic E-state index is 13.6. The van der Waals surface area contributed by atoms with Gasteiger partial charge in [0.1, 0.15) is 10.8 Å². The summed E-state index contributed by atoms with van der Waals surface area (Å²) in [6, 6.07) is 20.3. The van der Waals surface area contributed by atoms with Crippen LogP contribution in [0.25, 0.3) is 22.4 Å². The van der Waals surface area contributed by atoms with Gasteiger partial charge in [0, 0.05) is 5.56 Å². The quantitative estimate of drug-likeness (QED) is 0.361. The van der Waals surface area contributed by atoms with Crippen molar-refractivity contribution in [2.75, 3.05) is 13.1 Å². The molecule has 7 nitrogen and oxygen atoms in total. The maximum absolute atomic E-state index is 13.6. The Bertz CT molecular complexity index is 1370. The summed E-state index contributed by atoms with van der Waals surface area (Å²) in [6.07, 6.45) is 1.33. The average molecular weight is 497 g/mol. The molecule has 2 N–H and O–H groups in total. The first-order valence-corrected chi connectivity index (χ1v) is 13.3. The number of sulfone groups is 1. The summed E-state index contributed by atoms with van der Waals surface area (Å²) in [4.78, 5) is 12.2. The van der Waals surface area contributed by atoms with E-state index >= 15 is 0 Å². The minimum absolute atomic E-state index is 0.131. The smallest absolute Gasteiger partial charge is 0.199 e. The molecular formula is C25H25ClN4O3S. The fourth-order valence-electron chi connectivity index (χ4n) is 4.18. The SMILES string of the molecule is O=S(=O)(Cc1ccccc1)C(OC1CCNCC1)c1cc2c(Cl)nc(-c3ccccc3)nc2[nH]1. The highest BCUT2D eigenvalue weighted by Crippen LogP contribution is 2.34. The van der Waals surface area contributed by atoms with E-state index in [1.807, 2.05) is 48.5 Å². The molecule has 0 saturated carbocycles. The number of H-pyrrole nitrogens is 1.